The molecule has 0 radical (unpaired) electrons. The second-order valence-electron chi connectivity index (χ2n) is 7.03. The topological polar surface area (TPSA) is 47.1 Å². The van der Waals surface area contributed by atoms with Gasteiger partial charge >= 0.3 is 6.03 Å². The van der Waals surface area contributed by atoms with Gasteiger partial charge in [0.05, 0.1) is 6.04 Å². The molecule has 2 fully saturated rings. The summed E-state index contributed by atoms with van der Waals surface area (Å²) in [5.74, 6) is 0.206. The highest BCUT2D eigenvalue weighted by molar-refractivity contribution is 5.83. The van der Waals surface area contributed by atoms with Gasteiger partial charge in [-0.25, -0.2) is 4.79 Å². The van der Waals surface area contributed by atoms with Gasteiger partial charge in [0.2, 0.25) is 5.91 Å². The predicted molar refractivity (Wildman–Crippen MR) is 102 cm³/mol. The van der Waals surface area contributed by atoms with Gasteiger partial charge in [-0.3, -0.25) is 9.69 Å². The Bertz CT molecular complexity index is 617. The van der Waals surface area contributed by atoms with E-state index in [1.807, 2.05) is 46.7 Å². The Kier molecular flexibility index (Phi) is 6.14. The van der Waals surface area contributed by atoms with E-state index in [1.165, 1.54) is 5.56 Å². The molecule has 0 bridgehead atoms. The fourth-order valence-corrected chi connectivity index (χ4v) is 3.94. The van der Waals surface area contributed by atoms with Crippen molar-refractivity contribution in [3.05, 3.63) is 35.9 Å². The van der Waals surface area contributed by atoms with Gasteiger partial charge in [-0.15, -0.1) is 0 Å². The van der Waals surface area contributed by atoms with E-state index in [1.54, 1.807) is 0 Å². The highest BCUT2D eigenvalue weighted by atomic mass is 16.2. The Morgan fingerprint density at radius 3 is 2.42 bits per heavy atom. The van der Waals surface area contributed by atoms with E-state index < -0.39 is 0 Å². The third-order valence-corrected chi connectivity index (χ3v) is 5.54. The van der Waals surface area contributed by atoms with Crippen molar-refractivity contribution in [2.45, 2.75) is 32.9 Å². The first-order chi connectivity index (χ1) is 12.6. The molecule has 2 saturated heterocycles. The van der Waals surface area contributed by atoms with Crippen molar-refractivity contribution in [2.24, 2.45) is 0 Å². The molecule has 3 amide bonds. The molecular weight excluding hydrogens is 328 g/mol. The Morgan fingerprint density at radius 1 is 1.04 bits per heavy atom. The van der Waals surface area contributed by atoms with Gasteiger partial charge in [-0.2, -0.15) is 0 Å². The highest BCUT2D eigenvalue weighted by Gasteiger charge is 2.37. The fourth-order valence-electron chi connectivity index (χ4n) is 3.94. The third-order valence-electron chi connectivity index (χ3n) is 5.54. The van der Waals surface area contributed by atoms with E-state index in [-0.39, 0.29) is 18.0 Å². The summed E-state index contributed by atoms with van der Waals surface area (Å²) < 4.78 is 0. The van der Waals surface area contributed by atoms with E-state index in [0.29, 0.717) is 19.6 Å². The first-order valence-electron chi connectivity index (χ1n) is 9.74. The Labute approximate surface area is 156 Å². The second kappa shape index (κ2) is 8.54. The first kappa shape index (κ1) is 18.7. The van der Waals surface area contributed by atoms with Gasteiger partial charge in [0.25, 0.3) is 0 Å². The Morgan fingerprint density at radius 2 is 1.73 bits per heavy atom. The molecule has 2 aliphatic rings. The quantitative estimate of drug-likeness (QED) is 0.825. The molecule has 1 unspecified atom stereocenters. The SMILES string of the molecule is CCN(CC)C(=O)N1CCC2C(=O)N(Cc3ccccc3)CCN2CC1. The van der Waals surface area contributed by atoms with E-state index in [4.69, 9.17) is 0 Å². The zero-order chi connectivity index (χ0) is 18.5. The summed E-state index contributed by atoms with van der Waals surface area (Å²) >= 11 is 0. The Balaban J connectivity index is 1.63. The minimum atomic E-state index is -0.0954. The molecule has 0 N–H and O–H groups in total. The summed E-state index contributed by atoms with van der Waals surface area (Å²) in [7, 11) is 0. The van der Waals surface area contributed by atoms with Crippen molar-refractivity contribution < 1.29 is 9.59 Å². The number of hydrogen-bond acceptors (Lipinski definition) is 3. The third kappa shape index (κ3) is 4.01. The van der Waals surface area contributed by atoms with Crippen LogP contribution in [-0.4, -0.2) is 83.4 Å². The molecule has 26 heavy (non-hydrogen) atoms. The van der Waals surface area contributed by atoms with Crippen molar-refractivity contribution in [3.63, 3.8) is 0 Å². The number of nitrogens with zero attached hydrogens (tertiary/aromatic N) is 4. The van der Waals surface area contributed by atoms with Crippen molar-refractivity contribution in [2.75, 3.05) is 45.8 Å². The lowest BCUT2D eigenvalue weighted by molar-refractivity contribution is -0.142. The average molecular weight is 358 g/mol. The molecule has 0 aliphatic carbocycles. The summed E-state index contributed by atoms with van der Waals surface area (Å²) in [4.78, 5) is 33.7. The number of carbonyl (C=O) groups excluding carboxylic acids is 2. The molecule has 6 heteroatoms. The summed E-state index contributed by atoms with van der Waals surface area (Å²) in [6.07, 6.45) is 0.719. The number of carbonyl (C=O) groups is 2. The zero-order valence-corrected chi connectivity index (χ0v) is 15.9. The van der Waals surface area contributed by atoms with Crippen LogP contribution in [-0.2, 0) is 11.3 Å². The molecule has 2 heterocycles. The predicted octanol–water partition coefficient (Wildman–Crippen LogP) is 1.87. The van der Waals surface area contributed by atoms with Crippen molar-refractivity contribution in [1.82, 2.24) is 19.6 Å². The minimum Gasteiger partial charge on any atom is -0.336 e. The number of piperazine rings is 1. The molecule has 1 aromatic rings. The molecule has 0 saturated carbocycles. The van der Waals surface area contributed by atoms with Gasteiger partial charge in [0.15, 0.2) is 0 Å². The van der Waals surface area contributed by atoms with E-state index >= 15 is 0 Å². The van der Waals surface area contributed by atoms with Crippen molar-refractivity contribution in [3.8, 4) is 0 Å². The standard InChI is InChI=1S/C20H30N4O2/c1-3-21(4-2)20(26)23-11-10-18-19(25)24(15-13-22(18)12-14-23)16-17-8-6-5-7-9-17/h5-9,18H,3-4,10-16H2,1-2H3. The van der Waals surface area contributed by atoms with Gasteiger partial charge < -0.3 is 14.7 Å². The van der Waals surface area contributed by atoms with Crippen LogP contribution in [0.1, 0.15) is 25.8 Å². The number of rotatable bonds is 4. The van der Waals surface area contributed by atoms with Crippen LogP contribution >= 0.6 is 0 Å². The maximum Gasteiger partial charge on any atom is 0.320 e. The monoisotopic (exact) mass is 358 g/mol. The second-order valence-corrected chi connectivity index (χ2v) is 7.03. The fraction of sp³-hybridized carbons (Fsp3) is 0.600. The molecule has 1 atom stereocenters. The van der Waals surface area contributed by atoms with Crippen LogP contribution in [0.3, 0.4) is 0 Å². The van der Waals surface area contributed by atoms with Crippen LogP contribution in [0.4, 0.5) is 4.79 Å². The number of amides is 3. The first-order valence-corrected chi connectivity index (χ1v) is 9.74. The molecule has 6 nitrogen and oxygen atoms in total. The van der Waals surface area contributed by atoms with E-state index in [9.17, 15) is 9.59 Å². The normalized spacial score (nSPS) is 21.3. The largest absolute Gasteiger partial charge is 0.336 e. The van der Waals surface area contributed by atoms with E-state index in [2.05, 4.69) is 17.0 Å². The van der Waals surface area contributed by atoms with Gasteiger partial charge in [0, 0.05) is 52.4 Å². The van der Waals surface area contributed by atoms with Crippen molar-refractivity contribution in [1.29, 1.82) is 0 Å². The summed E-state index contributed by atoms with van der Waals surface area (Å²) in [5.41, 5.74) is 1.17. The maximum atomic E-state index is 13.0. The minimum absolute atomic E-state index is 0.0954. The number of urea groups is 1. The van der Waals surface area contributed by atoms with Crippen LogP contribution in [0, 0.1) is 0 Å². The maximum absolute atomic E-state index is 13.0. The number of benzene rings is 1. The van der Waals surface area contributed by atoms with Crippen LogP contribution in [0.15, 0.2) is 30.3 Å². The lowest BCUT2D eigenvalue weighted by atomic mass is 10.1. The van der Waals surface area contributed by atoms with Gasteiger partial charge in [-0.05, 0) is 25.8 Å². The highest BCUT2D eigenvalue weighted by Crippen LogP contribution is 2.20. The molecule has 142 valence electrons. The average Bonchev–Trinajstić information content (AvgIpc) is 2.89. The summed E-state index contributed by atoms with van der Waals surface area (Å²) in [6, 6.07) is 10.2. The Hall–Kier alpha value is -2.08. The smallest absolute Gasteiger partial charge is 0.320 e. The van der Waals surface area contributed by atoms with Gasteiger partial charge in [-0.1, -0.05) is 30.3 Å². The van der Waals surface area contributed by atoms with Crippen molar-refractivity contribution >= 4 is 11.9 Å². The molecule has 2 aliphatic heterocycles. The molecular formula is C20H30N4O2. The van der Waals surface area contributed by atoms with Crippen LogP contribution in [0.2, 0.25) is 0 Å². The van der Waals surface area contributed by atoms with E-state index in [0.717, 1.165) is 39.1 Å². The number of hydrogen-bond donors (Lipinski definition) is 0. The van der Waals surface area contributed by atoms with Gasteiger partial charge in [0.1, 0.15) is 0 Å². The lowest BCUT2D eigenvalue weighted by Gasteiger charge is -2.39. The van der Waals surface area contributed by atoms with Crippen LogP contribution in [0.25, 0.3) is 0 Å². The molecule has 1 aromatic carbocycles. The number of fused-ring (bicyclic) bond motifs is 1. The summed E-state index contributed by atoms with van der Waals surface area (Å²) in [6.45, 7) is 9.92. The lowest BCUT2D eigenvalue weighted by Crippen LogP contribution is -2.56. The molecule has 0 aromatic heterocycles. The molecule has 0 spiro atoms. The molecule has 3 rings (SSSR count). The summed E-state index contributed by atoms with van der Waals surface area (Å²) in [5, 5.41) is 0. The van der Waals surface area contributed by atoms with Crippen LogP contribution in [0.5, 0.6) is 0 Å². The zero-order valence-electron chi connectivity index (χ0n) is 15.9. The van der Waals surface area contributed by atoms with Crippen LogP contribution < -0.4 is 0 Å².